The Morgan fingerprint density at radius 1 is 1.24 bits per heavy atom. The van der Waals surface area contributed by atoms with Gasteiger partial charge < -0.3 is 20.1 Å². The number of nitrogens with one attached hydrogen (secondary N) is 1. The van der Waals surface area contributed by atoms with Crippen LogP contribution in [0.1, 0.15) is 19.8 Å². The lowest BCUT2D eigenvalue weighted by molar-refractivity contribution is -0.150. The van der Waals surface area contributed by atoms with Crippen LogP contribution in [0.4, 0.5) is 10.5 Å². The monoisotopic (exact) mass is 292 g/mol. The molecule has 0 spiro atoms. The number of piperidine rings is 1. The van der Waals surface area contributed by atoms with Crippen molar-refractivity contribution in [3.05, 3.63) is 24.3 Å². The highest BCUT2D eigenvalue weighted by molar-refractivity contribution is 5.89. The Balaban J connectivity index is 1.91. The van der Waals surface area contributed by atoms with Gasteiger partial charge in [-0.3, -0.25) is 4.79 Å². The number of likely N-dealkylation sites (tertiary alicyclic amines) is 1. The van der Waals surface area contributed by atoms with Crippen LogP contribution in [0.5, 0.6) is 5.75 Å². The summed E-state index contributed by atoms with van der Waals surface area (Å²) in [5.41, 5.74) is -0.0379. The van der Waals surface area contributed by atoms with E-state index in [1.54, 1.807) is 43.2 Å². The van der Waals surface area contributed by atoms with Gasteiger partial charge in [-0.1, -0.05) is 0 Å². The molecule has 1 aromatic rings. The molecular formula is C15H20N2O4. The SMILES string of the molecule is COc1ccc(NC(=O)N2CCC(C)(C(=O)O)CC2)cc1. The standard InChI is InChI=1S/C15H20N2O4/c1-15(13(18)19)7-9-17(10-8-15)14(20)16-11-3-5-12(21-2)6-4-11/h3-6H,7-10H2,1-2H3,(H,16,20)(H,18,19). The van der Waals surface area contributed by atoms with Crippen LogP contribution in [0, 0.1) is 5.41 Å². The van der Waals surface area contributed by atoms with Crippen molar-refractivity contribution < 1.29 is 19.4 Å². The van der Waals surface area contributed by atoms with E-state index in [1.807, 2.05) is 0 Å². The zero-order valence-electron chi connectivity index (χ0n) is 12.3. The van der Waals surface area contributed by atoms with Gasteiger partial charge in [0.25, 0.3) is 0 Å². The highest BCUT2D eigenvalue weighted by Crippen LogP contribution is 2.31. The molecule has 0 bridgehead atoms. The summed E-state index contributed by atoms with van der Waals surface area (Å²) in [6, 6.07) is 6.87. The molecule has 114 valence electrons. The molecule has 1 aliphatic heterocycles. The first kappa shape index (κ1) is 15.2. The highest BCUT2D eigenvalue weighted by atomic mass is 16.5. The number of benzene rings is 1. The third kappa shape index (κ3) is 3.45. The number of hydrogen-bond acceptors (Lipinski definition) is 3. The van der Waals surface area contributed by atoms with Gasteiger partial charge >= 0.3 is 12.0 Å². The van der Waals surface area contributed by atoms with Gasteiger partial charge in [0.15, 0.2) is 0 Å². The van der Waals surface area contributed by atoms with Crippen molar-refractivity contribution in [1.82, 2.24) is 4.90 Å². The van der Waals surface area contributed by atoms with Crippen molar-refractivity contribution in [3.63, 3.8) is 0 Å². The molecular weight excluding hydrogens is 272 g/mol. The van der Waals surface area contributed by atoms with E-state index in [1.165, 1.54) is 0 Å². The van der Waals surface area contributed by atoms with E-state index in [0.717, 1.165) is 5.75 Å². The number of rotatable bonds is 3. The summed E-state index contributed by atoms with van der Waals surface area (Å²) in [6.07, 6.45) is 0.941. The van der Waals surface area contributed by atoms with Crippen molar-refractivity contribution in [1.29, 1.82) is 0 Å². The number of carbonyl (C=O) groups is 2. The number of ether oxygens (including phenoxy) is 1. The second-order valence-corrected chi connectivity index (χ2v) is 5.51. The summed E-state index contributed by atoms with van der Waals surface area (Å²) in [4.78, 5) is 25.0. The molecule has 1 heterocycles. The van der Waals surface area contributed by atoms with E-state index in [4.69, 9.17) is 4.74 Å². The maximum Gasteiger partial charge on any atom is 0.321 e. The Bertz CT molecular complexity index is 519. The number of nitrogens with zero attached hydrogens (tertiary/aromatic N) is 1. The van der Waals surface area contributed by atoms with Gasteiger partial charge in [-0.15, -0.1) is 0 Å². The molecule has 2 N–H and O–H groups in total. The fraction of sp³-hybridized carbons (Fsp3) is 0.467. The molecule has 1 saturated heterocycles. The predicted molar refractivity (Wildman–Crippen MR) is 78.6 cm³/mol. The lowest BCUT2D eigenvalue weighted by atomic mass is 9.80. The molecule has 1 aromatic carbocycles. The van der Waals surface area contributed by atoms with E-state index < -0.39 is 11.4 Å². The minimum absolute atomic E-state index is 0.201. The fourth-order valence-corrected chi connectivity index (χ4v) is 2.29. The number of aliphatic carboxylic acids is 1. The van der Waals surface area contributed by atoms with Crippen LogP contribution in [0.3, 0.4) is 0 Å². The average molecular weight is 292 g/mol. The summed E-state index contributed by atoms with van der Waals surface area (Å²) in [5, 5.41) is 12.0. The number of anilines is 1. The molecule has 2 rings (SSSR count). The number of carbonyl (C=O) groups excluding carboxylic acids is 1. The smallest absolute Gasteiger partial charge is 0.321 e. The summed E-state index contributed by atoms with van der Waals surface area (Å²) >= 11 is 0. The van der Waals surface area contributed by atoms with Gasteiger partial charge in [-0.05, 0) is 44.0 Å². The van der Waals surface area contributed by atoms with Gasteiger partial charge in [0.1, 0.15) is 5.75 Å². The number of carboxylic acid groups (broad SMARTS) is 1. The molecule has 0 aliphatic carbocycles. The zero-order chi connectivity index (χ0) is 15.5. The van der Waals surface area contributed by atoms with Gasteiger partial charge in [-0.25, -0.2) is 4.79 Å². The van der Waals surface area contributed by atoms with Gasteiger partial charge in [-0.2, -0.15) is 0 Å². The molecule has 0 radical (unpaired) electrons. The highest BCUT2D eigenvalue weighted by Gasteiger charge is 2.38. The topological polar surface area (TPSA) is 78.9 Å². The van der Waals surface area contributed by atoms with E-state index in [9.17, 15) is 14.7 Å². The van der Waals surface area contributed by atoms with Gasteiger partial charge in [0.2, 0.25) is 0 Å². The minimum Gasteiger partial charge on any atom is -0.497 e. The Labute approximate surface area is 123 Å². The molecule has 6 heteroatoms. The van der Waals surface area contributed by atoms with E-state index in [-0.39, 0.29) is 6.03 Å². The summed E-state index contributed by atoms with van der Waals surface area (Å²) < 4.78 is 5.06. The molecule has 0 aromatic heterocycles. The van der Waals surface area contributed by atoms with Crippen LogP contribution in [-0.2, 0) is 4.79 Å². The first-order valence-corrected chi connectivity index (χ1v) is 6.88. The van der Waals surface area contributed by atoms with Crippen LogP contribution in [-0.4, -0.2) is 42.2 Å². The number of hydrogen-bond donors (Lipinski definition) is 2. The Morgan fingerprint density at radius 3 is 2.29 bits per heavy atom. The summed E-state index contributed by atoms with van der Waals surface area (Å²) in [6.45, 7) is 2.63. The second kappa shape index (κ2) is 6.03. The van der Waals surface area contributed by atoms with Crippen LogP contribution >= 0.6 is 0 Å². The molecule has 0 unspecified atom stereocenters. The van der Waals surface area contributed by atoms with Crippen LogP contribution in [0.25, 0.3) is 0 Å². The number of methoxy groups -OCH3 is 1. The van der Waals surface area contributed by atoms with Gasteiger partial charge in [0, 0.05) is 18.8 Å². The Morgan fingerprint density at radius 2 is 1.81 bits per heavy atom. The number of carboxylic acids is 1. The van der Waals surface area contributed by atoms with E-state index in [2.05, 4.69) is 5.32 Å². The lowest BCUT2D eigenvalue weighted by Gasteiger charge is -2.36. The molecule has 0 atom stereocenters. The third-order valence-electron chi connectivity index (χ3n) is 4.01. The summed E-state index contributed by atoms with van der Waals surface area (Å²) in [5.74, 6) is -0.0686. The van der Waals surface area contributed by atoms with Crippen molar-refractivity contribution in [2.24, 2.45) is 5.41 Å². The molecule has 21 heavy (non-hydrogen) atoms. The normalized spacial score (nSPS) is 17.1. The lowest BCUT2D eigenvalue weighted by Crippen LogP contribution is -2.46. The largest absolute Gasteiger partial charge is 0.497 e. The van der Waals surface area contributed by atoms with Crippen LogP contribution in [0.15, 0.2) is 24.3 Å². The molecule has 1 aliphatic rings. The predicted octanol–water partition coefficient (Wildman–Crippen LogP) is 2.41. The van der Waals surface area contributed by atoms with Gasteiger partial charge in [0.05, 0.1) is 12.5 Å². The molecule has 0 saturated carbocycles. The molecule has 2 amide bonds. The van der Waals surface area contributed by atoms with Crippen molar-refractivity contribution >= 4 is 17.7 Å². The van der Waals surface area contributed by atoms with E-state index >= 15 is 0 Å². The van der Waals surface area contributed by atoms with Crippen molar-refractivity contribution in [2.45, 2.75) is 19.8 Å². The maximum atomic E-state index is 12.1. The Kier molecular flexibility index (Phi) is 4.35. The number of urea groups is 1. The van der Waals surface area contributed by atoms with Crippen LogP contribution < -0.4 is 10.1 Å². The molecule has 1 fully saturated rings. The minimum atomic E-state index is -0.794. The zero-order valence-corrected chi connectivity index (χ0v) is 12.3. The molecule has 6 nitrogen and oxygen atoms in total. The maximum absolute atomic E-state index is 12.1. The van der Waals surface area contributed by atoms with Crippen molar-refractivity contribution in [3.8, 4) is 5.75 Å². The summed E-state index contributed by atoms with van der Waals surface area (Å²) in [7, 11) is 1.58. The van der Waals surface area contributed by atoms with E-state index in [0.29, 0.717) is 31.6 Å². The first-order chi connectivity index (χ1) is 9.94. The number of amides is 2. The second-order valence-electron chi connectivity index (χ2n) is 5.51. The first-order valence-electron chi connectivity index (χ1n) is 6.88. The van der Waals surface area contributed by atoms with Crippen molar-refractivity contribution in [2.75, 3.05) is 25.5 Å². The van der Waals surface area contributed by atoms with Crippen LogP contribution in [0.2, 0.25) is 0 Å². The third-order valence-corrected chi connectivity index (χ3v) is 4.01. The quantitative estimate of drug-likeness (QED) is 0.896. The Hall–Kier alpha value is -2.24. The fourth-order valence-electron chi connectivity index (χ4n) is 2.29. The average Bonchev–Trinajstić information content (AvgIpc) is 2.48.